The van der Waals surface area contributed by atoms with Gasteiger partial charge in [-0.2, -0.15) is 4.37 Å². The Morgan fingerprint density at radius 2 is 2.00 bits per heavy atom. The third kappa shape index (κ3) is 4.08. The van der Waals surface area contributed by atoms with Crippen LogP contribution in [0.3, 0.4) is 0 Å². The summed E-state index contributed by atoms with van der Waals surface area (Å²) in [5.74, 6) is 0.450. The Balaban J connectivity index is 1.50. The lowest BCUT2D eigenvalue weighted by atomic mass is 10.1. The molecule has 0 aliphatic rings. The normalized spacial score (nSPS) is 10.9. The van der Waals surface area contributed by atoms with Crippen molar-refractivity contribution in [2.75, 3.05) is 7.11 Å². The summed E-state index contributed by atoms with van der Waals surface area (Å²) < 4.78 is 11.3. The highest BCUT2D eigenvalue weighted by Crippen LogP contribution is 2.27. The number of hydrogen-bond donors (Lipinski definition) is 1. The van der Waals surface area contributed by atoms with Crippen LogP contribution in [0, 0.1) is 6.92 Å². The molecule has 0 aliphatic heterocycles. The summed E-state index contributed by atoms with van der Waals surface area (Å²) in [5.41, 5.74) is 3.94. The van der Waals surface area contributed by atoms with Crippen LogP contribution in [0.2, 0.25) is 0 Å². The van der Waals surface area contributed by atoms with Crippen LogP contribution in [-0.2, 0) is 17.9 Å². The number of benzene rings is 2. The second kappa shape index (κ2) is 8.46. The van der Waals surface area contributed by atoms with Gasteiger partial charge in [0.2, 0.25) is 5.91 Å². The fraction of sp³-hybridized carbons (Fsp3) is 0.182. The molecule has 0 aliphatic carbocycles. The van der Waals surface area contributed by atoms with Crippen molar-refractivity contribution in [3.63, 3.8) is 0 Å². The van der Waals surface area contributed by atoms with Crippen LogP contribution >= 0.6 is 11.5 Å². The molecular formula is C22H20N4O3S. The molecule has 2 aromatic heterocycles. The molecule has 1 N–H and O–H groups in total. The van der Waals surface area contributed by atoms with Crippen LogP contribution in [0.5, 0.6) is 5.75 Å². The van der Waals surface area contributed by atoms with Crippen molar-refractivity contribution in [3.8, 4) is 17.0 Å². The first kappa shape index (κ1) is 19.8. The van der Waals surface area contributed by atoms with E-state index < -0.39 is 0 Å². The van der Waals surface area contributed by atoms with E-state index in [-0.39, 0.29) is 18.0 Å². The number of nitrogens with one attached hydrogen (secondary N) is 1. The van der Waals surface area contributed by atoms with Crippen LogP contribution in [0.1, 0.15) is 11.1 Å². The predicted octanol–water partition coefficient (Wildman–Crippen LogP) is 3.15. The Bertz CT molecular complexity index is 1260. The largest absolute Gasteiger partial charge is 0.497 e. The van der Waals surface area contributed by atoms with Gasteiger partial charge < -0.3 is 10.1 Å². The summed E-state index contributed by atoms with van der Waals surface area (Å²) in [7, 11) is 1.59. The van der Waals surface area contributed by atoms with Crippen molar-refractivity contribution in [1.82, 2.24) is 19.2 Å². The topological polar surface area (TPSA) is 86.1 Å². The maximum absolute atomic E-state index is 12.8. The van der Waals surface area contributed by atoms with Crippen LogP contribution in [0.15, 0.2) is 59.7 Å². The van der Waals surface area contributed by atoms with Crippen molar-refractivity contribution in [2.45, 2.75) is 20.0 Å². The van der Waals surface area contributed by atoms with Gasteiger partial charge in [-0.25, -0.2) is 4.98 Å². The molecule has 4 rings (SSSR count). The smallest absolute Gasteiger partial charge is 0.273 e. The molecule has 0 atom stereocenters. The molecule has 1 amide bonds. The fourth-order valence-corrected chi connectivity index (χ4v) is 3.87. The van der Waals surface area contributed by atoms with E-state index in [4.69, 9.17) is 4.74 Å². The van der Waals surface area contributed by atoms with Gasteiger partial charge in [0.1, 0.15) is 28.2 Å². The predicted molar refractivity (Wildman–Crippen MR) is 117 cm³/mol. The fourth-order valence-electron chi connectivity index (χ4n) is 3.06. The summed E-state index contributed by atoms with van der Waals surface area (Å²) in [6, 6.07) is 15.4. The zero-order valence-electron chi connectivity index (χ0n) is 16.6. The van der Waals surface area contributed by atoms with Crippen molar-refractivity contribution in [3.05, 3.63) is 76.3 Å². The van der Waals surface area contributed by atoms with Gasteiger partial charge >= 0.3 is 0 Å². The zero-order chi connectivity index (χ0) is 21.1. The highest BCUT2D eigenvalue weighted by Gasteiger charge is 2.15. The molecule has 0 unspecified atom stereocenters. The first-order chi connectivity index (χ1) is 14.5. The molecule has 0 fully saturated rings. The van der Waals surface area contributed by atoms with Crippen molar-refractivity contribution >= 4 is 27.7 Å². The maximum Gasteiger partial charge on any atom is 0.273 e. The number of hydrogen-bond acceptors (Lipinski definition) is 6. The molecule has 2 aromatic carbocycles. The van der Waals surface area contributed by atoms with Crippen LogP contribution in [-0.4, -0.2) is 26.9 Å². The Hall–Kier alpha value is -3.52. The van der Waals surface area contributed by atoms with E-state index >= 15 is 0 Å². The molecular weight excluding hydrogens is 400 g/mol. The van der Waals surface area contributed by atoms with Gasteiger partial charge in [-0.05, 0) is 36.2 Å². The molecule has 0 saturated heterocycles. The Morgan fingerprint density at radius 3 is 2.77 bits per heavy atom. The molecule has 4 aromatic rings. The van der Waals surface area contributed by atoms with E-state index in [1.165, 1.54) is 10.9 Å². The molecule has 2 heterocycles. The van der Waals surface area contributed by atoms with Gasteiger partial charge in [-0.15, -0.1) is 0 Å². The molecule has 7 nitrogen and oxygen atoms in total. The number of methoxy groups -OCH3 is 1. The summed E-state index contributed by atoms with van der Waals surface area (Å²) >= 11 is 1.10. The number of amides is 1. The Labute approximate surface area is 177 Å². The van der Waals surface area contributed by atoms with Gasteiger partial charge in [0, 0.05) is 12.1 Å². The van der Waals surface area contributed by atoms with Crippen LogP contribution < -0.4 is 15.6 Å². The molecule has 0 bridgehead atoms. The second-order valence-electron chi connectivity index (χ2n) is 6.88. The van der Waals surface area contributed by atoms with E-state index in [1.54, 1.807) is 7.11 Å². The number of aromatic nitrogens is 3. The van der Waals surface area contributed by atoms with E-state index in [1.807, 2.05) is 55.5 Å². The quantitative estimate of drug-likeness (QED) is 0.518. The van der Waals surface area contributed by atoms with E-state index in [2.05, 4.69) is 14.7 Å². The van der Waals surface area contributed by atoms with E-state index in [9.17, 15) is 9.59 Å². The second-order valence-corrected chi connectivity index (χ2v) is 7.65. The van der Waals surface area contributed by atoms with Crippen molar-refractivity contribution < 1.29 is 9.53 Å². The van der Waals surface area contributed by atoms with Gasteiger partial charge in [0.05, 0.1) is 13.4 Å². The van der Waals surface area contributed by atoms with Gasteiger partial charge in [-0.1, -0.05) is 42.0 Å². The molecule has 0 spiro atoms. The Morgan fingerprint density at radius 1 is 1.20 bits per heavy atom. The molecule has 8 heteroatoms. The highest BCUT2D eigenvalue weighted by atomic mass is 32.1. The van der Waals surface area contributed by atoms with Gasteiger partial charge in [-0.3, -0.25) is 14.2 Å². The average molecular weight is 420 g/mol. The Kier molecular flexibility index (Phi) is 5.58. The van der Waals surface area contributed by atoms with E-state index in [0.29, 0.717) is 22.5 Å². The van der Waals surface area contributed by atoms with Crippen molar-refractivity contribution in [2.24, 2.45) is 0 Å². The monoisotopic (exact) mass is 420 g/mol. The number of aryl methyl sites for hydroxylation is 1. The summed E-state index contributed by atoms with van der Waals surface area (Å²) in [5, 5.41) is 2.82. The molecule has 0 saturated carbocycles. The van der Waals surface area contributed by atoms with Crippen LogP contribution in [0.4, 0.5) is 0 Å². The minimum Gasteiger partial charge on any atom is -0.497 e. The lowest BCUT2D eigenvalue weighted by Gasteiger charge is -2.08. The van der Waals surface area contributed by atoms with Gasteiger partial charge in [0.25, 0.3) is 5.56 Å². The number of fused-ring (bicyclic) bond motifs is 1. The molecule has 30 heavy (non-hydrogen) atoms. The van der Waals surface area contributed by atoms with Crippen LogP contribution in [0.25, 0.3) is 21.5 Å². The number of ether oxygens (including phenoxy) is 1. The minimum atomic E-state index is -0.274. The number of carbonyl (C=O) groups excluding carboxylic acids is 1. The minimum absolute atomic E-state index is 0.108. The lowest BCUT2D eigenvalue weighted by Crippen LogP contribution is -2.31. The average Bonchev–Trinajstić information content (AvgIpc) is 3.20. The first-order valence-corrected chi connectivity index (χ1v) is 10.1. The molecule has 152 valence electrons. The maximum atomic E-state index is 12.8. The number of rotatable bonds is 6. The number of nitrogens with zero attached hydrogens (tertiary/aromatic N) is 3. The van der Waals surface area contributed by atoms with Gasteiger partial charge in [0.15, 0.2) is 0 Å². The third-order valence-electron chi connectivity index (χ3n) is 4.71. The lowest BCUT2D eigenvalue weighted by molar-refractivity contribution is -0.121. The summed E-state index contributed by atoms with van der Waals surface area (Å²) in [6.45, 7) is 2.25. The number of carbonyl (C=O) groups is 1. The SMILES string of the molecule is COc1cccc(CNC(=O)Cn2cnc3c(-c4ccc(C)cc4)nsc3c2=O)c1. The highest BCUT2D eigenvalue weighted by molar-refractivity contribution is 7.13. The molecule has 0 radical (unpaired) electrons. The standard InChI is InChI=1S/C22H20N4O3S/c1-14-6-8-16(9-7-14)19-20-21(30-25-19)22(28)26(13-24-20)12-18(27)23-11-15-4-3-5-17(10-15)29-2/h3-10,13H,11-12H2,1-2H3,(H,23,27). The third-order valence-corrected chi connectivity index (χ3v) is 5.54. The summed E-state index contributed by atoms with van der Waals surface area (Å²) in [4.78, 5) is 29.6. The summed E-state index contributed by atoms with van der Waals surface area (Å²) in [6.07, 6.45) is 1.40. The zero-order valence-corrected chi connectivity index (χ0v) is 17.4. The van der Waals surface area contributed by atoms with Crippen molar-refractivity contribution in [1.29, 1.82) is 0 Å². The van der Waals surface area contributed by atoms with E-state index in [0.717, 1.165) is 34.0 Å². The first-order valence-electron chi connectivity index (χ1n) is 9.36.